The average Bonchev–Trinajstić information content (AvgIpc) is 3.47. The average molecular weight is 487 g/mol. The highest BCUT2D eigenvalue weighted by atomic mass is 16.5. The lowest BCUT2D eigenvalue weighted by atomic mass is 10.1. The van der Waals surface area contributed by atoms with E-state index in [-0.39, 0.29) is 12.3 Å². The van der Waals surface area contributed by atoms with Crippen LogP contribution in [0.1, 0.15) is 27.6 Å². The molecule has 5 rings (SSSR count). The molecule has 0 fully saturated rings. The van der Waals surface area contributed by atoms with Crippen LogP contribution in [0.2, 0.25) is 0 Å². The van der Waals surface area contributed by atoms with E-state index in [2.05, 4.69) is 15.2 Å². The summed E-state index contributed by atoms with van der Waals surface area (Å²) in [6, 6.07) is 14.3. The van der Waals surface area contributed by atoms with E-state index in [0.29, 0.717) is 52.4 Å². The fourth-order valence-electron chi connectivity index (χ4n) is 4.38. The fraction of sp³-hybridized carbons (Fsp3) is 0.269. The van der Waals surface area contributed by atoms with E-state index in [1.54, 1.807) is 43.5 Å². The van der Waals surface area contributed by atoms with Crippen LogP contribution in [0, 0.1) is 13.8 Å². The molecule has 10 heteroatoms. The summed E-state index contributed by atoms with van der Waals surface area (Å²) in [5.41, 5.74) is 2.93. The van der Waals surface area contributed by atoms with Gasteiger partial charge in [-0.05, 0) is 26.0 Å². The second kappa shape index (κ2) is 9.29. The van der Waals surface area contributed by atoms with Crippen LogP contribution in [0.25, 0.3) is 16.6 Å². The zero-order valence-electron chi connectivity index (χ0n) is 20.6. The molecule has 2 aromatic carbocycles. The summed E-state index contributed by atoms with van der Waals surface area (Å²) >= 11 is 0. The van der Waals surface area contributed by atoms with E-state index in [1.165, 1.54) is 16.2 Å². The number of carbonyl (C=O) groups is 1. The molecule has 0 aliphatic heterocycles. The van der Waals surface area contributed by atoms with Crippen molar-refractivity contribution in [2.45, 2.75) is 33.4 Å². The van der Waals surface area contributed by atoms with E-state index < -0.39 is 5.69 Å². The number of ether oxygens (including phenoxy) is 2. The first-order valence-corrected chi connectivity index (χ1v) is 11.5. The predicted octanol–water partition coefficient (Wildman–Crippen LogP) is 3.00. The van der Waals surface area contributed by atoms with Crippen molar-refractivity contribution < 1.29 is 14.3 Å². The molecule has 10 nitrogen and oxygen atoms in total. The zero-order chi connectivity index (χ0) is 25.4. The topological polar surface area (TPSA) is 106 Å². The number of ketones is 1. The second-order valence-corrected chi connectivity index (χ2v) is 8.55. The van der Waals surface area contributed by atoms with Gasteiger partial charge in [-0.3, -0.25) is 14.0 Å². The van der Waals surface area contributed by atoms with Crippen molar-refractivity contribution in [3.63, 3.8) is 0 Å². The SMILES string of the molecule is COc1cc2c(cc1OC)n(CC(=O)c1ccccc1)c(=O)n1nc(CCn3nc(C)cc3C)nc21. The van der Waals surface area contributed by atoms with Crippen molar-refractivity contribution in [2.75, 3.05) is 14.2 Å². The third-order valence-corrected chi connectivity index (χ3v) is 6.14. The number of rotatable bonds is 8. The van der Waals surface area contributed by atoms with Crippen LogP contribution in [0.4, 0.5) is 0 Å². The van der Waals surface area contributed by atoms with Crippen molar-refractivity contribution in [3.8, 4) is 11.5 Å². The molecule has 3 aromatic heterocycles. The normalized spacial score (nSPS) is 11.3. The lowest BCUT2D eigenvalue weighted by Crippen LogP contribution is -2.30. The minimum atomic E-state index is -0.459. The molecule has 0 saturated heterocycles. The molecular weight excluding hydrogens is 460 g/mol. The number of carbonyl (C=O) groups excluding carboxylic acids is 1. The molecule has 0 N–H and O–H groups in total. The van der Waals surface area contributed by atoms with Gasteiger partial charge >= 0.3 is 5.69 Å². The summed E-state index contributed by atoms with van der Waals surface area (Å²) in [7, 11) is 3.06. The first-order chi connectivity index (χ1) is 17.4. The highest BCUT2D eigenvalue weighted by Crippen LogP contribution is 2.33. The van der Waals surface area contributed by atoms with Gasteiger partial charge in [0.05, 0.1) is 32.0 Å². The van der Waals surface area contributed by atoms with Gasteiger partial charge < -0.3 is 9.47 Å². The summed E-state index contributed by atoms with van der Waals surface area (Å²) in [5.74, 6) is 1.23. The van der Waals surface area contributed by atoms with Crippen molar-refractivity contribution in [1.82, 2.24) is 28.9 Å². The molecule has 5 aromatic rings. The Kier molecular flexibility index (Phi) is 6.01. The molecule has 0 saturated carbocycles. The van der Waals surface area contributed by atoms with Crippen LogP contribution in [0.3, 0.4) is 0 Å². The van der Waals surface area contributed by atoms with E-state index in [9.17, 15) is 9.59 Å². The summed E-state index contributed by atoms with van der Waals surface area (Å²) in [5, 5.41) is 9.61. The Bertz CT molecular complexity index is 1650. The fourth-order valence-corrected chi connectivity index (χ4v) is 4.38. The van der Waals surface area contributed by atoms with Crippen molar-refractivity contribution in [3.05, 3.63) is 81.8 Å². The largest absolute Gasteiger partial charge is 0.493 e. The molecular formula is C26H26N6O4. The summed E-state index contributed by atoms with van der Waals surface area (Å²) < 4.78 is 15.5. The van der Waals surface area contributed by atoms with Gasteiger partial charge in [-0.15, -0.1) is 5.10 Å². The van der Waals surface area contributed by atoms with Gasteiger partial charge in [0.15, 0.2) is 28.8 Å². The van der Waals surface area contributed by atoms with E-state index in [4.69, 9.17) is 9.47 Å². The molecule has 0 unspecified atom stereocenters. The van der Waals surface area contributed by atoms with E-state index >= 15 is 0 Å². The van der Waals surface area contributed by atoms with Gasteiger partial charge in [-0.25, -0.2) is 9.78 Å². The number of hydrogen-bond donors (Lipinski definition) is 0. The Morgan fingerprint density at radius 2 is 1.69 bits per heavy atom. The molecule has 0 spiro atoms. The van der Waals surface area contributed by atoms with Crippen molar-refractivity contribution >= 4 is 22.3 Å². The van der Waals surface area contributed by atoms with Crippen LogP contribution in [0.15, 0.2) is 53.3 Å². The molecule has 0 amide bonds. The number of nitrogens with zero attached hydrogens (tertiary/aromatic N) is 6. The highest BCUT2D eigenvalue weighted by molar-refractivity contribution is 5.98. The Labute approximate surface area is 206 Å². The smallest absolute Gasteiger partial charge is 0.351 e. The third-order valence-electron chi connectivity index (χ3n) is 6.14. The Morgan fingerprint density at radius 1 is 0.972 bits per heavy atom. The Morgan fingerprint density at radius 3 is 2.36 bits per heavy atom. The van der Waals surface area contributed by atoms with Crippen LogP contribution >= 0.6 is 0 Å². The highest BCUT2D eigenvalue weighted by Gasteiger charge is 2.20. The number of methoxy groups -OCH3 is 2. The molecule has 0 atom stereocenters. The molecule has 3 heterocycles. The maximum Gasteiger partial charge on any atom is 0.351 e. The molecule has 0 radical (unpaired) electrons. The quantitative estimate of drug-likeness (QED) is 0.311. The summed E-state index contributed by atoms with van der Waals surface area (Å²) in [4.78, 5) is 31.3. The number of aromatic nitrogens is 6. The number of hydrogen-bond acceptors (Lipinski definition) is 7. The minimum Gasteiger partial charge on any atom is -0.493 e. The number of Topliss-reactive ketones (excluding diaryl/α,β-unsaturated/α-hetero) is 1. The predicted molar refractivity (Wildman–Crippen MR) is 134 cm³/mol. The minimum absolute atomic E-state index is 0.161. The molecule has 36 heavy (non-hydrogen) atoms. The second-order valence-electron chi connectivity index (χ2n) is 8.55. The van der Waals surface area contributed by atoms with E-state index in [0.717, 1.165) is 11.4 Å². The number of fused-ring (bicyclic) bond motifs is 3. The molecule has 0 aliphatic rings. The number of benzene rings is 2. The molecule has 184 valence electrons. The first-order valence-electron chi connectivity index (χ1n) is 11.5. The summed E-state index contributed by atoms with van der Waals surface area (Å²) in [6.07, 6.45) is 0.487. The van der Waals surface area contributed by atoms with Crippen LogP contribution in [-0.4, -0.2) is 48.9 Å². The van der Waals surface area contributed by atoms with Gasteiger partial charge in [0.25, 0.3) is 0 Å². The lowest BCUT2D eigenvalue weighted by molar-refractivity contribution is 0.0971. The van der Waals surface area contributed by atoms with Crippen molar-refractivity contribution in [2.24, 2.45) is 0 Å². The van der Waals surface area contributed by atoms with Gasteiger partial charge in [0, 0.05) is 35.7 Å². The molecule has 0 aliphatic carbocycles. The Hall–Kier alpha value is -4.47. The maximum absolute atomic E-state index is 13.6. The van der Waals surface area contributed by atoms with Gasteiger partial charge in [-0.1, -0.05) is 30.3 Å². The third kappa shape index (κ3) is 4.10. The van der Waals surface area contributed by atoms with Gasteiger partial charge in [-0.2, -0.15) is 9.61 Å². The van der Waals surface area contributed by atoms with Crippen molar-refractivity contribution in [1.29, 1.82) is 0 Å². The van der Waals surface area contributed by atoms with E-state index in [1.807, 2.05) is 30.7 Å². The van der Waals surface area contributed by atoms with Gasteiger partial charge in [0.1, 0.15) is 0 Å². The van der Waals surface area contributed by atoms with Crippen LogP contribution in [-0.2, 0) is 19.5 Å². The monoisotopic (exact) mass is 486 g/mol. The number of aryl methyl sites for hydroxylation is 4. The zero-order valence-corrected chi connectivity index (χ0v) is 20.6. The van der Waals surface area contributed by atoms with Gasteiger partial charge in [0.2, 0.25) is 0 Å². The maximum atomic E-state index is 13.6. The summed E-state index contributed by atoms with van der Waals surface area (Å²) in [6.45, 7) is 4.35. The molecule has 0 bridgehead atoms. The lowest BCUT2D eigenvalue weighted by Gasteiger charge is -2.14. The standard InChI is InChI=1S/C26H26N6O4/c1-16-12-17(2)31(28-16)11-10-24-27-25-19-13-22(35-3)23(36-4)14-20(19)30(26(34)32(25)29-24)15-21(33)18-8-6-5-7-9-18/h5-9,12-14H,10-11,15H2,1-4H3. The first kappa shape index (κ1) is 23.3. The van der Waals surface area contributed by atoms with Crippen LogP contribution < -0.4 is 15.2 Å². The van der Waals surface area contributed by atoms with Crippen LogP contribution in [0.5, 0.6) is 11.5 Å². The Balaban J connectivity index is 1.65.